The minimum Gasteiger partial charge on any atom is -0.497 e. The first-order chi connectivity index (χ1) is 9.38. The second-order valence-corrected chi connectivity index (χ2v) is 4.83. The van der Waals surface area contributed by atoms with Gasteiger partial charge in [0.05, 0.1) is 13.7 Å². The van der Waals surface area contributed by atoms with E-state index < -0.39 is 0 Å². The molecule has 1 aromatic carbocycles. The van der Waals surface area contributed by atoms with Crippen molar-refractivity contribution < 1.29 is 9.47 Å². The molecule has 1 aromatic rings. The number of hydrogen-bond acceptors (Lipinski definition) is 4. The maximum absolute atomic E-state index is 5.75. The number of nitrogens with zero attached hydrogens (tertiary/aromatic N) is 1. The summed E-state index contributed by atoms with van der Waals surface area (Å²) in [6.45, 7) is 6.49. The summed E-state index contributed by atoms with van der Waals surface area (Å²) in [5, 5.41) is 3.42. The molecule has 0 unspecified atom stereocenters. The Morgan fingerprint density at radius 1 is 1.21 bits per heavy atom. The lowest BCUT2D eigenvalue weighted by molar-refractivity contribution is 0.243. The molecule has 0 radical (unpaired) electrons. The summed E-state index contributed by atoms with van der Waals surface area (Å²) in [5.74, 6) is 1.73. The highest BCUT2D eigenvalue weighted by atomic mass is 16.5. The Kier molecular flexibility index (Phi) is 5.98. The van der Waals surface area contributed by atoms with E-state index in [0.29, 0.717) is 0 Å². The van der Waals surface area contributed by atoms with Crippen LogP contribution in [0.3, 0.4) is 0 Å². The molecule has 1 aliphatic heterocycles. The summed E-state index contributed by atoms with van der Waals surface area (Å²) in [5.41, 5.74) is 0. The number of nitrogens with one attached hydrogen (secondary N) is 1. The van der Waals surface area contributed by atoms with Crippen molar-refractivity contribution in [1.29, 1.82) is 0 Å². The maximum atomic E-state index is 5.75. The molecule has 0 amide bonds. The molecule has 106 valence electrons. The van der Waals surface area contributed by atoms with E-state index in [-0.39, 0.29) is 0 Å². The third-order valence-electron chi connectivity index (χ3n) is 3.36. The Hall–Kier alpha value is -1.26. The number of benzene rings is 1. The Balaban J connectivity index is 1.65. The lowest BCUT2D eigenvalue weighted by Crippen LogP contribution is -2.29. The van der Waals surface area contributed by atoms with Crippen molar-refractivity contribution in [3.05, 3.63) is 24.3 Å². The van der Waals surface area contributed by atoms with Crippen molar-refractivity contribution in [1.82, 2.24) is 10.2 Å². The van der Waals surface area contributed by atoms with Crippen molar-refractivity contribution in [3.8, 4) is 11.5 Å². The van der Waals surface area contributed by atoms with Crippen LogP contribution in [0.4, 0.5) is 0 Å². The lowest BCUT2D eigenvalue weighted by Gasteiger charge is -2.19. The van der Waals surface area contributed by atoms with Gasteiger partial charge in [-0.05, 0) is 38.1 Å². The number of methoxy groups -OCH3 is 1. The second kappa shape index (κ2) is 8.02. The average Bonchev–Trinajstić information content (AvgIpc) is 2.72. The molecule has 4 heteroatoms. The Labute approximate surface area is 115 Å². The van der Waals surface area contributed by atoms with Gasteiger partial charge in [-0.15, -0.1) is 0 Å². The van der Waals surface area contributed by atoms with Gasteiger partial charge in [0.15, 0.2) is 0 Å². The highest BCUT2D eigenvalue weighted by Gasteiger charge is 2.07. The van der Waals surface area contributed by atoms with Gasteiger partial charge in [0.2, 0.25) is 0 Å². The minimum atomic E-state index is 0.761. The minimum absolute atomic E-state index is 0.761. The number of ether oxygens (including phenoxy) is 2. The van der Waals surface area contributed by atoms with E-state index in [4.69, 9.17) is 9.47 Å². The van der Waals surface area contributed by atoms with Crippen LogP contribution in [0.1, 0.15) is 12.8 Å². The van der Waals surface area contributed by atoms with Gasteiger partial charge in [0, 0.05) is 25.7 Å². The van der Waals surface area contributed by atoms with Crippen LogP contribution in [0.2, 0.25) is 0 Å². The van der Waals surface area contributed by atoms with E-state index in [1.807, 2.05) is 24.3 Å². The van der Waals surface area contributed by atoms with Gasteiger partial charge in [-0.3, -0.25) is 0 Å². The van der Waals surface area contributed by atoms with Gasteiger partial charge in [-0.25, -0.2) is 0 Å². The van der Waals surface area contributed by atoms with Crippen molar-refractivity contribution in [2.75, 3.05) is 46.4 Å². The topological polar surface area (TPSA) is 33.7 Å². The van der Waals surface area contributed by atoms with Gasteiger partial charge < -0.3 is 19.7 Å². The fourth-order valence-electron chi connectivity index (χ4n) is 2.29. The zero-order valence-electron chi connectivity index (χ0n) is 11.7. The van der Waals surface area contributed by atoms with Gasteiger partial charge in [-0.1, -0.05) is 6.07 Å². The SMILES string of the molecule is COc1cccc(OCCCN2CCCNCC2)c1. The molecule has 1 heterocycles. The monoisotopic (exact) mass is 264 g/mol. The molecule has 0 bridgehead atoms. The molecule has 4 nitrogen and oxygen atoms in total. The van der Waals surface area contributed by atoms with Crippen LogP contribution >= 0.6 is 0 Å². The summed E-state index contributed by atoms with van der Waals surface area (Å²) in [6.07, 6.45) is 2.31. The Bertz CT molecular complexity index is 363. The molecule has 19 heavy (non-hydrogen) atoms. The fourth-order valence-corrected chi connectivity index (χ4v) is 2.29. The smallest absolute Gasteiger partial charge is 0.122 e. The van der Waals surface area contributed by atoms with Crippen molar-refractivity contribution >= 4 is 0 Å². The highest BCUT2D eigenvalue weighted by molar-refractivity contribution is 5.32. The molecule has 1 aliphatic rings. The molecule has 2 rings (SSSR count). The van der Waals surface area contributed by atoms with Crippen LogP contribution in [0.15, 0.2) is 24.3 Å². The highest BCUT2D eigenvalue weighted by Crippen LogP contribution is 2.18. The number of hydrogen-bond donors (Lipinski definition) is 1. The zero-order valence-corrected chi connectivity index (χ0v) is 11.7. The third kappa shape index (κ3) is 5.09. The van der Waals surface area contributed by atoms with E-state index in [0.717, 1.165) is 50.7 Å². The van der Waals surface area contributed by atoms with Crippen LogP contribution in [0.25, 0.3) is 0 Å². The normalized spacial score (nSPS) is 16.9. The zero-order chi connectivity index (χ0) is 13.3. The van der Waals surface area contributed by atoms with Gasteiger partial charge in [-0.2, -0.15) is 0 Å². The molecule has 0 aromatic heterocycles. The van der Waals surface area contributed by atoms with Gasteiger partial charge >= 0.3 is 0 Å². The second-order valence-electron chi connectivity index (χ2n) is 4.83. The van der Waals surface area contributed by atoms with Gasteiger partial charge in [0.25, 0.3) is 0 Å². The summed E-state index contributed by atoms with van der Waals surface area (Å²) in [4.78, 5) is 2.51. The fraction of sp³-hybridized carbons (Fsp3) is 0.600. The molecule has 0 spiro atoms. The molecule has 0 atom stereocenters. The maximum Gasteiger partial charge on any atom is 0.122 e. The molecule has 0 aliphatic carbocycles. The van der Waals surface area contributed by atoms with Crippen molar-refractivity contribution in [2.24, 2.45) is 0 Å². The Morgan fingerprint density at radius 2 is 2.11 bits per heavy atom. The van der Waals surface area contributed by atoms with Crippen LogP contribution in [0, 0.1) is 0 Å². The standard InChI is InChI=1S/C15H24N2O2/c1-18-14-5-2-6-15(13-14)19-12-4-10-17-9-3-7-16-8-11-17/h2,5-6,13,16H,3-4,7-12H2,1H3. The first-order valence-corrected chi connectivity index (χ1v) is 7.08. The molecular weight excluding hydrogens is 240 g/mol. The molecule has 1 saturated heterocycles. The van der Waals surface area contributed by atoms with E-state index in [2.05, 4.69) is 10.2 Å². The predicted molar refractivity (Wildman–Crippen MR) is 77.0 cm³/mol. The quantitative estimate of drug-likeness (QED) is 0.794. The van der Waals surface area contributed by atoms with Gasteiger partial charge in [0.1, 0.15) is 11.5 Å². The molecule has 0 saturated carbocycles. The van der Waals surface area contributed by atoms with Crippen molar-refractivity contribution in [3.63, 3.8) is 0 Å². The van der Waals surface area contributed by atoms with Crippen LogP contribution in [-0.2, 0) is 0 Å². The van der Waals surface area contributed by atoms with E-state index in [9.17, 15) is 0 Å². The van der Waals surface area contributed by atoms with E-state index in [1.54, 1.807) is 7.11 Å². The first-order valence-electron chi connectivity index (χ1n) is 7.08. The lowest BCUT2D eigenvalue weighted by atomic mass is 10.3. The molecule has 1 fully saturated rings. The predicted octanol–water partition coefficient (Wildman–Crippen LogP) is 1.76. The van der Waals surface area contributed by atoms with E-state index >= 15 is 0 Å². The summed E-state index contributed by atoms with van der Waals surface area (Å²) >= 11 is 0. The molecular formula is C15H24N2O2. The molecule has 1 N–H and O–H groups in total. The number of rotatable bonds is 6. The summed E-state index contributed by atoms with van der Waals surface area (Å²) < 4.78 is 10.9. The summed E-state index contributed by atoms with van der Waals surface area (Å²) in [7, 11) is 1.67. The first kappa shape index (κ1) is 14.2. The third-order valence-corrected chi connectivity index (χ3v) is 3.36. The Morgan fingerprint density at radius 3 is 3.00 bits per heavy atom. The van der Waals surface area contributed by atoms with Crippen LogP contribution in [-0.4, -0.2) is 51.3 Å². The van der Waals surface area contributed by atoms with E-state index in [1.165, 1.54) is 13.0 Å². The van der Waals surface area contributed by atoms with Crippen LogP contribution < -0.4 is 14.8 Å². The van der Waals surface area contributed by atoms with Crippen LogP contribution in [0.5, 0.6) is 11.5 Å². The summed E-state index contributed by atoms with van der Waals surface area (Å²) in [6, 6.07) is 7.78. The largest absolute Gasteiger partial charge is 0.497 e. The van der Waals surface area contributed by atoms with Crippen molar-refractivity contribution in [2.45, 2.75) is 12.8 Å². The average molecular weight is 264 g/mol.